The van der Waals surface area contributed by atoms with Crippen molar-refractivity contribution >= 4 is 5.91 Å². The van der Waals surface area contributed by atoms with E-state index in [9.17, 15) is 22.4 Å². The predicted octanol–water partition coefficient (Wildman–Crippen LogP) is 5.06. The molecule has 2 aromatic carbocycles. The number of carbonyl (C=O) groups excluding carboxylic acids is 1. The maximum absolute atomic E-state index is 13.8. The quantitative estimate of drug-likeness (QED) is 0.646. The van der Waals surface area contributed by atoms with Gasteiger partial charge in [0, 0.05) is 18.7 Å². The Balaban J connectivity index is 1.30. The van der Waals surface area contributed by atoms with Crippen LogP contribution < -0.4 is 9.47 Å². The molecule has 0 aliphatic carbocycles. The summed E-state index contributed by atoms with van der Waals surface area (Å²) >= 11 is 0. The van der Waals surface area contributed by atoms with Gasteiger partial charge in [-0.1, -0.05) is 6.07 Å². The van der Waals surface area contributed by atoms with Gasteiger partial charge in [0.1, 0.15) is 5.82 Å². The van der Waals surface area contributed by atoms with E-state index in [1.54, 1.807) is 4.90 Å². The van der Waals surface area contributed by atoms with E-state index in [2.05, 4.69) is 0 Å². The molecule has 0 aromatic heterocycles. The fraction of sp³-hybridized carbons (Fsp3) is 0.409. The summed E-state index contributed by atoms with van der Waals surface area (Å²) in [5.74, 6) is 0.106. The number of alkyl halides is 3. The van der Waals surface area contributed by atoms with Crippen LogP contribution in [0, 0.1) is 11.7 Å². The second-order valence-electron chi connectivity index (χ2n) is 7.65. The highest BCUT2D eigenvalue weighted by Crippen LogP contribution is 2.34. The summed E-state index contributed by atoms with van der Waals surface area (Å²) in [5, 5.41) is 0. The van der Waals surface area contributed by atoms with Crippen molar-refractivity contribution in [1.82, 2.24) is 4.90 Å². The second kappa shape index (κ2) is 8.16. The zero-order valence-electron chi connectivity index (χ0n) is 16.2. The van der Waals surface area contributed by atoms with Crippen LogP contribution in [0.25, 0.3) is 0 Å². The lowest BCUT2D eigenvalue weighted by atomic mass is 9.90. The Kier molecular flexibility index (Phi) is 5.58. The number of ether oxygens (including phenoxy) is 2. The van der Waals surface area contributed by atoms with Crippen molar-refractivity contribution in [2.75, 3.05) is 19.9 Å². The van der Waals surface area contributed by atoms with Gasteiger partial charge < -0.3 is 14.4 Å². The van der Waals surface area contributed by atoms with Gasteiger partial charge in [-0.15, -0.1) is 0 Å². The maximum Gasteiger partial charge on any atom is 0.419 e. The zero-order chi connectivity index (χ0) is 21.3. The Labute approximate surface area is 171 Å². The standard InChI is InChI=1S/C22H21F4NO3/c23-18-12-16(4-5-17(18)22(24,25)26)21(28)27-9-7-14(8-10-27)1-2-15-3-6-19-20(11-15)30-13-29-19/h3-6,11-12,14H,1-2,7-10,13H2. The number of halogens is 4. The maximum atomic E-state index is 13.8. The van der Waals surface area contributed by atoms with Crippen LogP contribution in [0.5, 0.6) is 11.5 Å². The number of rotatable bonds is 4. The van der Waals surface area contributed by atoms with Crippen molar-refractivity contribution < 1.29 is 31.8 Å². The molecule has 4 nitrogen and oxygen atoms in total. The SMILES string of the molecule is O=C(c1ccc(C(F)(F)F)c(F)c1)N1CCC(CCc2ccc3c(c2)OCO3)CC1. The smallest absolute Gasteiger partial charge is 0.419 e. The molecule has 0 spiro atoms. The van der Waals surface area contributed by atoms with E-state index in [1.807, 2.05) is 18.2 Å². The number of fused-ring (bicyclic) bond motifs is 1. The van der Waals surface area contributed by atoms with Gasteiger partial charge in [-0.25, -0.2) is 4.39 Å². The van der Waals surface area contributed by atoms with Gasteiger partial charge in [-0.3, -0.25) is 4.79 Å². The average molecular weight is 423 g/mol. The van der Waals surface area contributed by atoms with E-state index >= 15 is 0 Å². The largest absolute Gasteiger partial charge is 0.454 e. The van der Waals surface area contributed by atoms with Crippen LogP contribution >= 0.6 is 0 Å². The van der Waals surface area contributed by atoms with Gasteiger partial charge in [0.05, 0.1) is 5.56 Å². The lowest BCUT2D eigenvalue weighted by Crippen LogP contribution is -2.38. The number of hydrogen-bond acceptors (Lipinski definition) is 3. The number of nitrogens with zero attached hydrogens (tertiary/aromatic N) is 1. The summed E-state index contributed by atoms with van der Waals surface area (Å²) in [4.78, 5) is 14.1. The number of piperidine rings is 1. The third-order valence-corrected chi connectivity index (χ3v) is 5.70. The number of carbonyl (C=O) groups is 1. The molecule has 2 aliphatic rings. The summed E-state index contributed by atoms with van der Waals surface area (Å²) in [7, 11) is 0. The van der Waals surface area contributed by atoms with Crippen LogP contribution in [0.15, 0.2) is 36.4 Å². The molecule has 160 valence electrons. The van der Waals surface area contributed by atoms with Crippen molar-refractivity contribution in [3.05, 3.63) is 58.9 Å². The Bertz CT molecular complexity index is 936. The highest BCUT2D eigenvalue weighted by atomic mass is 19.4. The Morgan fingerprint density at radius 1 is 1.03 bits per heavy atom. The molecule has 30 heavy (non-hydrogen) atoms. The molecule has 1 saturated heterocycles. The van der Waals surface area contributed by atoms with Crippen LogP contribution in [0.3, 0.4) is 0 Å². The number of likely N-dealkylation sites (tertiary alicyclic amines) is 1. The third-order valence-electron chi connectivity index (χ3n) is 5.70. The summed E-state index contributed by atoms with van der Waals surface area (Å²) in [6.45, 7) is 1.26. The minimum atomic E-state index is -4.78. The highest BCUT2D eigenvalue weighted by Gasteiger charge is 2.34. The lowest BCUT2D eigenvalue weighted by molar-refractivity contribution is -0.140. The van der Waals surface area contributed by atoms with Crippen molar-refractivity contribution in [3.63, 3.8) is 0 Å². The lowest BCUT2D eigenvalue weighted by Gasteiger charge is -2.32. The van der Waals surface area contributed by atoms with Crippen molar-refractivity contribution in [1.29, 1.82) is 0 Å². The molecule has 0 saturated carbocycles. The molecule has 2 heterocycles. The fourth-order valence-corrected chi connectivity index (χ4v) is 3.95. The van der Waals surface area contributed by atoms with Crippen LogP contribution in [-0.2, 0) is 12.6 Å². The fourth-order valence-electron chi connectivity index (χ4n) is 3.95. The molecule has 0 radical (unpaired) electrons. The number of amides is 1. The summed E-state index contributed by atoms with van der Waals surface area (Å²) in [5.41, 5.74) is -0.251. The van der Waals surface area contributed by atoms with E-state index in [-0.39, 0.29) is 12.4 Å². The molecule has 0 atom stereocenters. The van der Waals surface area contributed by atoms with Crippen molar-refractivity contribution in [2.24, 2.45) is 5.92 Å². The van der Waals surface area contributed by atoms with Gasteiger partial charge >= 0.3 is 6.18 Å². The second-order valence-corrected chi connectivity index (χ2v) is 7.65. The zero-order valence-corrected chi connectivity index (χ0v) is 16.2. The van der Waals surface area contributed by atoms with Gasteiger partial charge in [0.15, 0.2) is 11.5 Å². The normalized spacial score (nSPS) is 16.7. The van der Waals surface area contributed by atoms with Gasteiger partial charge in [-0.05, 0) is 67.5 Å². The summed E-state index contributed by atoms with van der Waals surface area (Å²) < 4.78 is 62.5. The van der Waals surface area contributed by atoms with Gasteiger partial charge in [0.25, 0.3) is 5.91 Å². The third kappa shape index (κ3) is 4.37. The van der Waals surface area contributed by atoms with Crippen LogP contribution in [-0.4, -0.2) is 30.7 Å². The average Bonchev–Trinajstić information content (AvgIpc) is 3.19. The van der Waals surface area contributed by atoms with Gasteiger partial charge in [-0.2, -0.15) is 13.2 Å². The molecule has 0 unspecified atom stereocenters. The molecule has 8 heteroatoms. The first-order valence-corrected chi connectivity index (χ1v) is 9.86. The van der Waals surface area contributed by atoms with E-state index < -0.39 is 23.5 Å². The molecule has 0 N–H and O–H groups in total. The van der Waals surface area contributed by atoms with Crippen molar-refractivity contribution in [2.45, 2.75) is 31.9 Å². The van der Waals surface area contributed by atoms with Crippen LogP contribution in [0.2, 0.25) is 0 Å². The first-order valence-electron chi connectivity index (χ1n) is 9.86. The first-order chi connectivity index (χ1) is 14.3. The monoisotopic (exact) mass is 423 g/mol. The molecule has 2 aromatic rings. The van der Waals surface area contributed by atoms with Gasteiger partial charge in [0.2, 0.25) is 6.79 Å². The predicted molar refractivity (Wildman–Crippen MR) is 101 cm³/mol. The van der Waals surface area contributed by atoms with Crippen molar-refractivity contribution in [3.8, 4) is 11.5 Å². The number of benzene rings is 2. The minimum Gasteiger partial charge on any atom is -0.454 e. The minimum absolute atomic E-state index is 0.0562. The molecule has 1 amide bonds. The Hall–Kier alpha value is -2.77. The molecular formula is C22H21F4NO3. The Morgan fingerprint density at radius 2 is 1.77 bits per heavy atom. The van der Waals surface area contributed by atoms with E-state index in [0.29, 0.717) is 31.1 Å². The van der Waals surface area contributed by atoms with E-state index in [1.165, 1.54) is 0 Å². The van der Waals surface area contributed by atoms with Crippen LogP contribution in [0.4, 0.5) is 17.6 Å². The molecular weight excluding hydrogens is 402 g/mol. The summed E-state index contributed by atoms with van der Waals surface area (Å²) in [6, 6.07) is 8.26. The van der Waals surface area contributed by atoms with Crippen LogP contribution in [0.1, 0.15) is 40.7 Å². The number of hydrogen-bond donors (Lipinski definition) is 0. The summed E-state index contributed by atoms with van der Waals surface area (Å²) in [6.07, 6.45) is -1.31. The first kappa shape index (κ1) is 20.5. The highest BCUT2D eigenvalue weighted by molar-refractivity contribution is 5.94. The number of aryl methyl sites for hydroxylation is 1. The Morgan fingerprint density at radius 3 is 2.47 bits per heavy atom. The molecule has 0 bridgehead atoms. The van der Waals surface area contributed by atoms with E-state index in [4.69, 9.17) is 9.47 Å². The molecule has 4 rings (SSSR count). The van der Waals surface area contributed by atoms with E-state index in [0.717, 1.165) is 48.8 Å². The molecule has 2 aliphatic heterocycles. The molecule has 1 fully saturated rings. The topological polar surface area (TPSA) is 38.8 Å².